The van der Waals surface area contributed by atoms with Gasteiger partial charge in [0.15, 0.2) is 0 Å². The van der Waals surface area contributed by atoms with Gasteiger partial charge in [-0.15, -0.1) is 0 Å². The molecule has 0 fully saturated rings. The lowest BCUT2D eigenvalue weighted by Crippen LogP contribution is -1.93. The van der Waals surface area contributed by atoms with E-state index < -0.39 is 0 Å². The molecule has 0 unspecified atom stereocenters. The van der Waals surface area contributed by atoms with Crippen molar-refractivity contribution in [3.8, 4) is 5.75 Å². The summed E-state index contributed by atoms with van der Waals surface area (Å²) in [4.78, 5) is 3.69. The smallest absolute Gasteiger partial charge is 0.144 e. The highest BCUT2D eigenvalue weighted by atomic mass is 16.3. The summed E-state index contributed by atoms with van der Waals surface area (Å²) in [6.07, 6.45) is 1.43. The third kappa shape index (κ3) is 1.47. The fourth-order valence-corrected chi connectivity index (χ4v) is 0.786. The normalized spacial score (nSPS) is 10.0. The first-order chi connectivity index (χ1) is 5.29. The van der Waals surface area contributed by atoms with E-state index in [1.54, 1.807) is 0 Å². The molecule has 0 bridgehead atoms. The zero-order valence-electron chi connectivity index (χ0n) is 5.86. The van der Waals surface area contributed by atoms with E-state index in [9.17, 15) is 5.11 Å². The maximum absolute atomic E-state index is 9.21. The summed E-state index contributed by atoms with van der Waals surface area (Å²) in [6.45, 7) is -0.568. The van der Waals surface area contributed by atoms with E-state index in [2.05, 4.69) is 4.98 Å². The van der Waals surface area contributed by atoms with Crippen LogP contribution < -0.4 is 0 Å². The highest BCUT2D eigenvalue weighted by Crippen LogP contribution is 2.19. The lowest BCUT2D eigenvalue weighted by molar-refractivity contribution is 0.259. The Balaban J connectivity index is 3.10. The Hall–Kier alpha value is -1.13. The second kappa shape index (κ2) is 3.32. The minimum Gasteiger partial charge on any atom is -0.506 e. The predicted octanol–water partition coefficient (Wildman–Crippen LogP) is -0.228. The van der Waals surface area contributed by atoms with E-state index in [-0.39, 0.29) is 24.7 Å². The third-order valence-corrected chi connectivity index (χ3v) is 1.40. The summed E-state index contributed by atoms with van der Waals surface area (Å²) in [6, 6.07) is 1.49. The fraction of sp³-hybridized carbons (Fsp3) is 0.286. The number of rotatable bonds is 2. The molecule has 4 nitrogen and oxygen atoms in total. The lowest BCUT2D eigenvalue weighted by Gasteiger charge is -2.03. The number of aromatic nitrogens is 1. The van der Waals surface area contributed by atoms with Crippen molar-refractivity contribution in [3.63, 3.8) is 0 Å². The molecule has 0 aliphatic heterocycles. The van der Waals surface area contributed by atoms with Crippen LogP contribution in [-0.2, 0) is 13.2 Å². The van der Waals surface area contributed by atoms with Crippen molar-refractivity contribution >= 4 is 0 Å². The van der Waals surface area contributed by atoms with E-state index in [0.29, 0.717) is 5.56 Å². The summed E-state index contributed by atoms with van der Waals surface area (Å²) in [5.41, 5.74) is 0.570. The van der Waals surface area contributed by atoms with Gasteiger partial charge in [0.1, 0.15) is 11.4 Å². The highest BCUT2D eigenvalue weighted by Gasteiger charge is 2.05. The summed E-state index contributed by atoms with van der Waals surface area (Å²) in [5.74, 6) is -0.127. The van der Waals surface area contributed by atoms with Gasteiger partial charge < -0.3 is 15.3 Å². The van der Waals surface area contributed by atoms with Crippen LogP contribution in [0.4, 0.5) is 0 Å². The molecule has 1 aromatic heterocycles. The van der Waals surface area contributed by atoms with Crippen molar-refractivity contribution in [3.05, 3.63) is 23.5 Å². The van der Waals surface area contributed by atoms with Gasteiger partial charge in [0.25, 0.3) is 0 Å². The van der Waals surface area contributed by atoms with Crippen LogP contribution >= 0.6 is 0 Å². The number of aromatic hydroxyl groups is 1. The van der Waals surface area contributed by atoms with Crippen molar-refractivity contribution in [1.82, 2.24) is 4.98 Å². The number of nitrogens with zero attached hydrogens (tertiary/aromatic N) is 1. The van der Waals surface area contributed by atoms with Gasteiger partial charge in [0.05, 0.1) is 13.2 Å². The van der Waals surface area contributed by atoms with E-state index in [0.717, 1.165) is 0 Å². The molecule has 0 aliphatic carbocycles. The summed E-state index contributed by atoms with van der Waals surface area (Å²) in [7, 11) is 0. The Bertz CT molecular complexity index is 227. The van der Waals surface area contributed by atoms with Crippen molar-refractivity contribution in [2.75, 3.05) is 0 Å². The lowest BCUT2D eigenvalue weighted by atomic mass is 10.2. The van der Waals surface area contributed by atoms with Crippen LogP contribution in [0.5, 0.6) is 5.75 Å². The molecule has 3 N–H and O–H groups in total. The SMILES string of the molecule is OCc1ccnc(CO)c1O. The molecule has 1 rings (SSSR count). The first-order valence-electron chi connectivity index (χ1n) is 3.17. The molecule has 1 heterocycles. The second-order valence-corrected chi connectivity index (χ2v) is 2.08. The van der Waals surface area contributed by atoms with Gasteiger partial charge in [-0.1, -0.05) is 0 Å². The molecular formula is C7H9NO3. The van der Waals surface area contributed by atoms with Crippen LogP contribution in [0.1, 0.15) is 11.3 Å². The summed E-state index contributed by atoms with van der Waals surface area (Å²) in [5, 5.41) is 26.5. The second-order valence-electron chi connectivity index (χ2n) is 2.08. The Morgan fingerprint density at radius 1 is 1.27 bits per heavy atom. The molecule has 0 radical (unpaired) electrons. The van der Waals surface area contributed by atoms with Crippen molar-refractivity contribution in [1.29, 1.82) is 0 Å². The van der Waals surface area contributed by atoms with Crippen LogP contribution in [-0.4, -0.2) is 20.3 Å². The minimum atomic E-state index is -0.320. The van der Waals surface area contributed by atoms with E-state index in [1.165, 1.54) is 12.3 Å². The van der Waals surface area contributed by atoms with Gasteiger partial charge in [-0.05, 0) is 6.07 Å². The van der Waals surface area contributed by atoms with E-state index in [1.807, 2.05) is 0 Å². The van der Waals surface area contributed by atoms with Crippen LogP contribution in [0.2, 0.25) is 0 Å². The maximum Gasteiger partial charge on any atom is 0.144 e. The Labute approximate surface area is 63.8 Å². The Morgan fingerprint density at radius 2 is 2.00 bits per heavy atom. The van der Waals surface area contributed by atoms with E-state index >= 15 is 0 Å². The maximum atomic E-state index is 9.21. The molecule has 1 aromatic rings. The first-order valence-corrected chi connectivity index (χ1v) is 3.17. The molecule has 60 valence electrons. The molecular weight excluding hydrogens is 146 g/mol. The number of hydrogen-bond acceptors (Lipinski definition) is 4. The molecule has 0 saturated heterocycles. The zero-order valence-corrected chi connectivity index (χ0v) is 5.86. The van der Waals surface area contributed by atoms with Crippen LogP contribution in [0.15, 0.2) is 12.3 Å². The topological polar surface area (TPSA) is 73.6 Å². The first kappa shape index (κ1) is 7.97. The van der Waals surface area contributed by atoms with Gasteiger partial charge in [-0.3, -0.25) is 4.98 Å². The van der Waals surface area contributed by atoms with Gasteiger partial charge in [-0.25, -0.2) is 0 Å². The molecule has 0 aromatic carbocycles. The van der Waals surface area contributed by atoms with Crippen LogP contribution in [0, 0.1) is 0 Å². The molecule has 4 heteroatoms. The van der Waals surface area contributed by atoms with E-state index in [4.69, 9.17) is 10.2 Å². The van der Waals surface area contributed by atoms with Crippen molar-refractivity contribution in [2.45, 2.75) is 13.2 Å². The standard InChI is InChI=1S/C7H9NO3/c9-3-5-1-2-8-6(4-10)7(5)11/h1-2,9-11H,3-4H2. The summed E-state index contributed by atoms with van der Waals surface area (Å²) < 4.78 is 0. The number of aliphatic hydroxyl groups is 2. The quantitative estimate of drug-likeness (QED) is 0.551. The molecule has 0 saturated carbocycles. The predicted molar refractivity (Wildman–Crippen MR) is 37.7 cm³/mol. The van der Waals surface area contributed by atoms with Gasteiger partial charge in [0, 0.05) is 11.8 Å². The zero-order chi connectivity index (χ0) is 8.27. The average molecular weight is 155 g/mol. The number of hydrogen-bond donors (Lipinski definition) is 3. The van der Waals surface area contributed by atoms with Gasteiger partial charge in [0.2, 0.25) is 0 Å². The fourth-order valence-electron chi connectivity index (χ4n) is 0.786. The van der Waals surface area contributed by atoms with Crippen molar-refractivity contribution in [2.24, 2.45) is 0 Å². The van der Waals surface area contributed by atoms with Gasteiger partial charge in [-0.2, -0.15) is 0 Å². The molecule has 0 aliphatic rings. The Morgan fingerprint density at radius 3 is 2.55 bits per heavy atom. The van der Waals surface area contributed by atoms with Crippen LogP contribution in [0.3, 0.4) is 0 Å². The van der Waals surface area contributed by atoms with Crippen molar-refractivity contribution < 1.29 is 15.3 Å². The average Bonchev–Trinajstić information content (AvgIpc) is 2.05. The summed E-state index contributed by atoms with van der Waals surface area (Å²) >= 11 is 0. The molecule has 11 heavy (non-hydrogen) atoms. The largest absolute Gasteiger partial charge is 0.506 e. The molecule has 0 spiro atoms. The van der Waals surface area contributed by atoms with Crippen LogP contribution in [0.25, 0.3) is 0 Å². The number of aliphatic hydroxyl groups excluding tert-OH is 2. The third-order valence-electron chi connectivity index (χ3n) is 1.40. The monoisotopic (exact) mass is 155 g/mol. The Kier molecular flexibility index (Phi) is 2.40. The minimum absolute atomic E-state index is 0.127. The number of pyridine rings is 1. The molecule has 0 amide bonds. The van der Waals surface area contributed by atoms with Gasteiger partial charge >= 0.3 is 0 Å². The molecule has 0 atom stereocenters. The highest BCUT2D eigenvalue weighted by molar-refractivity contribution is 5.34.